The molecule has 0 fully saturated rings. The van der Waals surface area contributed by atoms with Crippen LogP contribution in [0.15, 0.2) is 48.5 Å². The van der Waals surface area contributed by atoms with E-state index in [0.717, 1.165) is 12.1 Å². The summed E-state index contributed by atoms with van der Waals surface area (Å²) in [6.07, 6.45) is -4.37. The van der Waals surface area contributed by atoms with Crippen LogP contribution in [-0.2, 0) is 17.5 Å². The Labute approximate surface area is 142 Å². The molecule has 0 bridgehead atoms. The average molecular weight is 358 g/mol. The molecular formula is C17H15ClF3NO2. The normalized spacial score (nSPS) is 11.2. The first kappa shape index (κ1) is 18.1. The lowest BCUT2D eigenvalue weighted by Crippen LogP contribution is -2.31. The number of carbonyl (C=O) groups excluding carboxylic acids is 1. The molecule has 0 unspecified atom stereocenters. The summed E-state index contributed by atoms with van der Waals surface area (Å²) >= 11 is 5.93. The Kier molecular flexibility index (Phi) is 5.72. The molecule has 0 aliphatic heterocycles. The van der Waals surface area contributed by atoms with Gasteiger partial charge in [0.2, 0.25) is 0 Å². The number of benzene rings is 2. The quantitative estimate of drug-likeness (QED) is 0.794. The molecule has 0 radical (unpaired) electrons. The van der Waals surface area contributed by atoms with Gasteiger partial charge in [0.25, 0.3) is 5.91 Å². The molecule has 0 N–H and O–H groups in total. The van der Waals surface area contributed by atoms with Crippen molar-refractivity contribution in [3.05, 3.63) is 64.7 Å². The molecule has 0 heterocycles. The van der Waals surface area contributed by atoms with Crippen LogP contribution in [0.1, 0.15) is 11.1 Å². The molecule has 2 aromatic carbocycles. The summed E-state index contributed by atoms with van der Waals surface area (Å²) in [5.74, 6) is 0.0882. The van der Waals surface area contributed by atoms with Crippen molar-refractivity contribution in [2.75, 3.05) is 13.7 Å². The Hall–Kier alpha value is -2.21. The molecular weight excluding hydrogens is 343 g/mol. The Morgan fingerprint density at radius 1 is 1.12 bits per heavy atom. The van der Waals surface area contributed by atoms with E-state index in [9.17, 15) is 18.0 Å². The number of nitrogens with zero attached hydrogens (tertiary/aromatic N) is 1. The number of carbonyl (C=O) groups is 1. The standard InChI is InChI=1S/C17H15ClF3NO2/c1-22(10-12-6-8-13(9-7-12)17(19,20)21)16(23)11-24-15-5-3-2-4-14(15)18/h2-9H,10-11H2,1H3. The van der Waals surface area contributed by atoms with Gasteiger partial charge in [0, 0.05) is 13.6 Å². The molecule has 24 heavy (non-hydrogen) atoms. The molecule has 0 aliphatic carbocycles. The summed E-state index contributed by atoms with van der Waals surface area (Å²) in [5, 5.41) is 0.399. The van der Waals surface area contributed by atoms with Crippen LogP contribution in [0.25, 0.3) is 0 Å². The fourth-order valence-corrected chi connectivity index (χ4v) is 2.16. The van der Waals surface area contributed by atoms with Crippen LogP contribution < -0.4 is 4.74 Å². The number of para-hydroxylation sites is 1. The lowest BCUT2D eigenvalue weighted by molar-refractivity contribution is -0.137. The number of halogens is 4. The Bertz CT molecular complexity index is 702. The highest BCUT2D eigenvalue weighted by atomic mass is 35.5. The Morgan fingerprint density at radius 3 is 2.33 bits per heavy atom. The second-order valence-corrected chi connectivity index (χ2v) is 5.57. The number of hydrogen-bond donors (Lipinski definition) is 0. The molecule has 2 aromatic rings. The molecule has 0 aliphatic rings. The summed E-state index contributed by atoms with van der Waals surface area (Å²) in [6.45, 7) is -0.0241. The molecule has 1 amide bonds. The van der Waals surface area contributed by atoms with Gasteiger partial charge in [-0.05, 0) is 29.8 Å². The van der Waals surface area contributed by atoms with Crippen molar-refractivity contribution in [3.8, 4) is 5.75 Å². The van der Waals surface area contributed by atoms with E-state index in [1.54, 1.807) is 31.3 Å². The van der Waals surface area contributed by atoms with Gasteiger partial charge in [-0.1, -0.05) is 35.9 Å². The molecule has 7 heteroatoms. The average Bonchev–Trinajstić information content (AvgIpc) is 2.53. The van der Waals surface area contributed by atoms with Crippen molar-refractivity contribution >= 4 is 17.5 Å². The fourth-order valence-electron chi connectivity index (χ4n) is 1.97. The SMILES string of the molecule is CN(Cc1ccc(C(F)(F)F)cc1)C(=O)COc1ccccc1Cl. The molecule has 2 rings (SSSR count). The van der Waals surface area contributed by atoms with Crippen LogP contribution in [0.4, 0.5) is 13.2 Å². The first-order chi connectivity index (χ1) is 11.3. The number of rotatable bonds is 5. The van der Waals surface area contributed by atoms with Crippen LogP contribution in [0.2, 0.25) is 5.02 Å². The third kappa shape index (κ3) is 4.89. The fraction of sp³-hybridized carbons (Fsp3) is 0.235. The van der Waals surface area contributed by atoms with E-state index in [-0.39, 0.29) is 19.1 Å². The monoisotopic (exact) mass is 357 g/mol. The van der Waals surface area contributed by atoms with Crippen molar-refractivity contribution in [1.82, 2.24) is 4.90 Å². The van der Waals surface area contributed by atoms with Crippen LogP contribution in [0, 0.1) is 0 Å². The van der Waals surface area contributed by atoms with Crippen LogP contribution in [-0.4, -0.2) is 24.5 Å². The minimum absolute atomic E-state index is 0.183. The highest BCUT2D eigenvalue weighted by molar-refractivity contribution is 6.32. The molecule has 0 aromatic heterocycles. The zero-order valence-electron chi connectivity index (χ0n) is 12.8. The van der Waals surface area contributed by atoms with E-state index in [1.807, 2.05) is 0 Å². The first-order valence-electron chi connectivity index (χ1n) is 7.05. The van der Waals surface area contributed by atoms with Crippen molar-refractivity contribution in [2.24, 2.45) is 0 Å². The second kappa shape index (κ2) is 7.57. The van der Waals surface area contributed by atoms with Gasteiger partial charge in [0.15, 0.2) is 6.61 Å². The largest absolute Gasteiger partial charge is 0.482 e. The van der Waals surface area contributed by atoms with Crippen molar-refractivity contribution in [3.63, 3.8) is 0 Å². The van der Waals surface area contributed by atoms with E-state index < -0.39 is 11.7 Å². The minimum Gasteiger partial charge on any atom is -0.482 e. The Balaban J connectivity index is 1.91. The summed E-state index contributed by atoms with van der Waals surface area (Å²) in [4.78, 5) is 13.4. The van der Waals surface area contributed by atoms with Gasteiger partial charge < -0.3 is 9.64 Å². The Morgan fingerprint density at radius 2 is 1.75 bits per heavy atom. The highest BCUT2D eigenvalue weighted by Gasteiger charge is 2.29. The minimum atomic E-state index is -4.37. The highest BCUT2D eigenvalue weighted by Crippen LogP contribution is 2.29. The van der Waals surface area contributed by atoms with Crippen molar-refractivity contribution in [2.45, 2.75) is 12.7 Å². The number of hydrogen-bond acceptors (Lipinski definition) is 2. The van der Waals surface area contributed by atoms with Gasteiger partial charge in [-0.2, -0.15) is 13.2 Å². The molecule has 0 saturated heterocycles. The van der Waals surface area contributed by atoms with Crippen LogP contribution in [0.3, 0.4) is 0 Å². The summed E-state index contributed by atoms with van der Waals surface area (Å²) in [6, 6.07) is 11.5. The third-order valence-corrected chi connectivity index (χ3v) is 3.63. The maximum atomic E-state index is 12.5. The lowest BCUT2D eigenvalue weighted by atomic mass is 10.1. The summed E-state index contributed by atoms with van der Waals surface area (Å²) in [5.41, 5.74) is -0.126. The maximum Gasteiger partial charge on any atom is 0.416 e. The van der Waals surface area contributed by atoms with Gasteiger partial charge >= 0.3 is 6.18 Å². The zero-order valence-corrected chi connectivity index (χ0v) is 13.6. The smallest absolute Gasteiger partial charge is 0.416 e. The number of likely N-dealkylation sites (N-methyl/N-ethyl adjacent to an activating group) is 1. The number of ether oxygens (including phenoxy) is 1. The zero-order chi connectivity index (χ0) is 17.7. The summed E-state index contributed by atoms with van der Waals surface area (Å²) < 4.78 is 42.9. The molecule has 128 valence electrons. The van der Waals surface area contributed by atoms with Crippen molar-refractivity contribution < 1.29 is 22.7 Å². The van der Waals surface area contributed by atoms with Gasteiger partial charge in [-0.25, -0.2) is 0 Å². The topological polar surface area (TPSA) is 29.5 Å². The predicted molar refractivity (Wildman–Crippen MR) is 84.9 cm³/mol. The van der Waals surface area contributed by atoms with Gasteiger partial charge in [0.1, 0.15) is 5.75 Å². The van der Waals surface area contributed by atoms with E-state index in [4.69, 9.17) is 16.3 Å². The van der Waals surface area contributed by atoms with Crippen molar-refractivity contribution in [1.29, 1.82) is 0 Å². The maximum absolute atomic E-state index is 12.5. The molecule has 0 saturated carbocycles. The lowest BCUT2D eigenvalue weighted by Gasteiger charge is -2.18. The number of alkyl halides is 3. The van der Waals surface area contributed by atoms with E-state index in [2.05, 4.69) is 0 Å². The van der Waals surface area contributed by atoms with Gasteiger partial charge in [-0.15, -0.1) is 0 Å². The van der Waals surface area contributed by atoms with Gasteiger partial charge in [-0.3, -0.25) is 4.79 Å². The molecule has 0 spiro atoms. The van der Waals surface area contributed by atoms with Crippen LogP contribution >= 0.6 is 11.6 Å². The summed E-state index contributed by atoms with van der Waals surface area (Å²) in [7, 11) is 1.55. The van der Waals surface area contributed by atoms with E-state index in [1.165, 1.54) is 17.0 Å². The predicted octanol–water partition coefficient (Wildman–Crippen LogP) is 4.40. The molecule has 3 nitrogen and oxygen atoms in total. The first-order valence-corrected chi connectivity index (χ1v) is 7.42. The van der Waals surface area contributed by atoms with Gasteiger partial charge in [0.05, 0.1) is 10.6 Å². The van der Waals surface area contributed by atoms with E-state index in [0.29, 0.717) is 16.3 Å². The second-order valence-electron chi connectivity index (χ2n) is 5.16. The molecule has 0 atom stereocenters. The van der Waals surface area contributed by atoms with Crippen LogP contribution in [0.5, 0.6) is 5.75 Å². The third-order valence-electron chi connectivity index (χ3n) is 3.31. The van der Waals surface area contributed by atoms with E-state index >= 15 is 0 Å². The number of amides is 1.